The van der Waals surface area contributed by atoms with Gasteiger partial charge in [-0.05, 0) is 40.2 Å². The number of nitriles is 1. The fraction of sp³-hybridized carbons (Fsp3) is 0.643. The van der Waals surface area contributed by atoms with E-state index in [2.05, 4.69) is 5.32 Å². The number of nitrogens with one attached hydrogen (secondary N) is 1. The van der Waals surface area contributed by atoms with Crippen LogP contribution in [0.5, 0.6) is 0 Å². The van der Waals surface area contributed by atoms with Crippen LogP contribution in [0, 0.1) is 17.2 Å². The molecule has 1 amide bonds. The monoisotopic (exact) mass is 280 g/mol. The maximum Gasteiger partial charge on any atom is 0.408 e. The fourth-order valence-corrected chi connectivity index (χ4v) is 1.91. The van der Waals surface area contributed by atoms with Crippen molar-refractivity contribution in [1.29, 1.82) is 5.26 Å². The molecule has 0 bridgehead atoms. The molecule has 1 aliphatic rings. The molecule has 0 radical (unpaired) electrons. The van der Waals surface area contributed by atoms with Gasteiger partial charge in [0.15, 0.2) is 0 Å². The number of ether oxygens (including phenoxy) is 2. The number of carbonyl (C=O) groups excluding carboxylic acids is 2. The number of allylic oxidation sites excluding steroid dienone is 1. The SMILES string of the molecule is CCOC(=O)[C@H]1CC(C#N)=C[C@@H]1NC(=O)OC(C)(C)C. The maximum absolute atomic E-state index is 11.8. The molecular weight excluding hydrogens is 260 g/mol. The second-order valence-electron chi connectivity index (χ2n) is 5.54. The molecule has 1 rings (SSSR count). The molecule has 0 aromatic heterocycles. The summed E-state index contributed by atoms with van der Waals surface area (Å²) in [4.78, 5) is 23.6. The number of carbonyl (C=O) groups is 2. The Hall–Kier alpha value is -2.03. The van der Waals surface area contributed by atoms with E-state index >= 15 is 0 Å². The highest BCUT2D eigenvalue weighted by Gasteiger charge is 2.36. The summed E-state index contributed by atoms with van der Waals surface area (Å²) < 4.78 is 10.1. The van der Waals surface area contributed by atoms with Gasteiger partial charge in [-0.25, -0.2) is 4.79 Å². The first-order valence-corrected chi connectivity index (χ1v) is 6.53. The zero-order valence-electron chi connectivity index (χ0n) is 12.2. The predicted octanol–water partition coefficient (Wildman–Crippen LogP) is 1.91. The highest BCUT2D eigenvalue weighted by molar-refractivity contribution is 5.77. The largest absolute Gasteiger partial charge is 0.466 e. The van der Waals surface area contributed by atoms with E-state index < -0.39 is 29.6 Å². The van der Waals surface area contributed by atoms with Crippen molar-refractivity contribution in [3.63, 3.8) is 0 Å². The van der Waals surface area contributed by atoms with Gasteiger partial charge < -0.3 is 14.8 Å². The summed E-state index contributed by atoms with van der Waals surface area (Å²) in [5.74, 6) is -0.993. The molecule has 0 aromatic rings. The second-order valence-corrected chi connectivity index (χ2v) is 5.54. The lowest BCUT2D eigenvalue weighted by Gasteiger charge is -2.23. The van der Waals surface area contributed by atoms with E-state index in [0.717, 1.165) is 0 Å². The quantitative estimate of drug-likeness (QED) is 0.798. The van der Waals surface area contributed by atoms with Crippen molar-refractivity contribution in [2.75, 3.05) is 6.61 Å². The van der Waals surface area contributed by atoms with Crippen LogP contribution in [0.3, 0.4) is 0 Å². The molecule has 2 atom stereocenters. The van der Waals surface area contributed by atoms with Gasteiger partial charge in [-0.1, -0.05) is 0 Å². The molecule has 1 N–H and O–H groups in total. The summed E-state index contributed by atoms with van der Waals surface area (Å²) in [5.41, 5.74) is -0.159. The Kier molecular flexibility index (Phi) is 5.14. The molecule has 0 aromatic carbocycles. The molecule has 0 heterocycles. The van der Waals surface area contributed by atoms with E-state index in [0.29, 0.717) is 5.57 Å². The lowest BCUT2D eigenvalue weighted by Crippen LogP contribution is -2.43. The fourth-order valence-electron chi connectivity index (χ4n) is 1.91. The van der Waals surface area contributed by atoms with Crippen LogP contribution in [0.25, 0.3) is 0 Å². The summed E-state index contributed by atoms with van der Waals surface area (Å²) in [6, 6.07) is 1.43. The van der Waals surface area contributed by atoms with Crippen molar-refractivity contribution in [1.82, 2.24) is 5.32 Å². The summed E-state index contributed by atoms with van der Waals surface area (Å²) in [6.45, 7) is 7.22. The lowest BCUT2D eigenvalue weighted by molar-refractivity contribution is -0.148. The Morgan fingerprint density at radius 2 is 2.15 bits per heavy atom. The smallest absolute Gasteiger partial charge is 0.408 e. The molecule has 0 saturated carbocycles. The third-order valence-corrected chi connectivity index (χ3v) is 2.67. The summed E-state index contributed by atoms with van der Waals surface area (Å²) in [7, 11) is 0. The summed E-state index contributed by atoms with van der Waals surface area (Å²) in [6.07, 6.45) is 1.23. The minimum atomic E-state index is -0.621. The molecule has 6 nitrogen and oxygen atoms in total. The van der Waals surface area contributed by atoms with Gasteiger partial charge in [-0.2, -0.15) is 5.26 Å². The molecule has 0 aliphatic heterocycles. The Bertz CT molecular complexity index is 457. The number of rotatable bonds is 3. The normalized spacial score (nSPS) is 21.6. The van der Waals surface area contributed by atoms with E-state index in [1.807, 2.05) is 6.07 Å². The summed E-state index contributed by atoms with van der Waals surface area (Å²) in [5, 5.41) is 11.5. The minimum Gasteiger partial charge on any atom is -0.466 e. The predicted molar refractivity (Wildman–Crippen MR) is 71.6 cm³/mol. The first-order valence-electron chi connectivity index (χ1n) is 6.53. The third kappa shape index (κ3) is 4.57. The van der Waals surface area contributed by atoms with Gasteiger partial charge >= 0.3 is 12.1 Å². The van der Waals surface area contributed by atoms with Gasteiger partial charge in [0.05, 0.1) is 24.6 Å². The zero-order valence-corrected chi connectivity index (χ0v) is 12.2. The highest BCUT2D eigenvalue weighted by Crippen LogP contribution is 2.26. The van der Waals surface area contributed by atoms with Crippen LogP contribution in [-0.2, 0) is 14.3 Å². The van der Waals surface area contributed by atoms with Gasteiger partial charge in [0, 0.05) is 5.57 Å². The molecule has 6 heteroatoms. The number of alkyl carbamates (subject to hydrolysis) is 1. The molecule has 1 aliphatic carbocycles. The van der Waals surface area contributed by atoms with Crippen LogP contribution in [0.15, 0.2) is 11.6 Å². The molecule has 110 valence electrons. The highest BCUT2D eigenvalue weighted by atomic mass is 16.6. The van der Waals surface area contributed by atoms with Crippen LogP contribution < -0.4 is 5.32 Å². The standard InChI is InChI=1S/C14H20N2O4/c1-5-19-12(17)10-6-9(8-15)7-11(10)16-13(18)20-14(2,3)4/h7,10-11H,5-6H2,1-4H3,(H,16,18)/t10-,11-/m0/s1. The topological polar surface area (TPSA) is 88.4 Å². The Labute approximate surface area is 118 Å². The number of hydrogen-bond donors (Lipinski definition) is 1. The average Bonchev–Trinajstić information content (AvgIpc) is 2.69. The van der Waals surface area contributed by atoms with E-state index in [1.54, 1.807) is 33.8 Å². The van der Waals surface area contributed by atoms with Crippen LogP contribution in [0.1, 0.15) is 34.1 Å². The van der Waals surface area contributed by atoms with Crippen LogP contribution in [-0.4, -0.2) is 30.3 Å². The number of esters is 1. The van der Waals surface area contributed by atoms with Gasteiger partial charge in [-0.3, -0.25) is 4.79 Å². The molecule has 0 spiro atoms. The Morgan fingerprint density at radius 3 is 2.65 bits per heavy atom. The minimum absolute atomic E-state index is 0.260. The lowest BCUT2D eigenvalue weighted by atomic mass is 10.0. The van der Waals surface area contributed by atoms with Crippen molar-refractivity contribution >= 4 is 12.1 Å². The molecule has 0 fully saturated rings. The zero-order chi connectivity index (χ0) is 15.3. The van der Waals surface area contributed by atoms with Gasteiger partial charge in [0.25, 0.3) is 0 Å². The molecular formula is C14H20N2O4. The van der Waals surface area contributed by atoms with Crippen molar-refractivity contribution in [3.05, 3.63) is 11.6 Å². The maximum atomic E-state index is 11.8. The van der Waals surface area contributed by atoms with E-state index in [9.17, 15) is 9.59 Å². The van der Waals surface area contributed by atoms with Gasteiger partial charge in [-0.15, -0.1) is 0 Å². The number of hydrogen-bond acceptors (Lipinski definition) is 5. The van der Waals surface area contributed by atoms with E-state index in [1.165, 1.54) is 0 Å². The van der Waals surface area contributed by atoms with Crippen molar-refractivity contribution in [2.45, 2.75) is 45.8 Å². The van der Waals surface area contributed by atoms with Crippen LogP contribution >= 0.6 is 0 Å². The first kappa shape index (κ1) is 16.0. The summed E-state index contributed by atoms with van der Waals surface area (Å²) >= 11 is 0. The van der Waals surface area contributed by atoms with Crippen LogP contribution in [0.2, 0.25) is 0 Å². The molecule has 20 heavy (non-hydrogen) atoms. The third-order valence-electron chi connectivity index (χ3n) is 2.67. The average molecular weight is 280 g/mol. The first-order chi connectivity index (χ1) is 9.26. The molecule has 0 unspecified atom stereocenters. The number of amides is 1. The van der Waals surface area contributed by atoms with Crippen molar-refractivity contribution in [3.8, 4) is 6.07 Å². The van der Waals surface area contributed by atoms with E-state index in [4.69, 9.17) is 14.7 Å². The van der Waals surface area contributed by atoms with Crippen LogP contribution in [0.4, 0.5) is 4.79 Å². The van der Waals surface area contributed by atoms with E-state index in [-0.39, 0.29) is 13.0 Å². The second kappa shape index (κ2) is 6.42. The number of nitrogens with zero attached hydrogens (tertiary/aromatic N) is 1. The molecule has 0 saturated heterocycles. The van der Waals surface area contributed by atoms with Gasteiger partial charge in [0.2, 0.25) is 0 Å². The Morgan fingerprint density at radius 1 is 1.50 bits per heavy atom. The van der Waals surface area contributed by atoms with Crippen molar-refractivity contribution < 1.29 is 19.1 Å². The van der Waals surface area contributed by atoms with Crippen molar-refractivity contribution in [2.24, 2.45) is 5.92 Å². The Balaban J connectivity index is 2.73. The van der Waals surface area contributed by atoms with Gasteiger partial charge in [0.1, 0.15) is 5.60 Å².